The van der Waals surface area contributed by atoms with E-state index in [0.29, 0.717) is 6.61 Å². The van der Waals surface area contributed by atoms with E-state index in [9.17, 15) is 0 Å². The van der Waals surface area contributed by atoms with E-state index in [2.05, 4.69) is 0 Å². The molecule has 1 nitrogen and oxygen atoms in total. The van der Waals surface area contributed by atoms with Crippen LogP contribution < -0.4 is 0 Å². The van der Waals surface area contributed by atoms with Crippen molar-refractivity contribution in [3.8, 4) is 0 Å². The molecule has 0 aromatic heterocycles. The Bertz CT molecular complexity index is 159. The van der Waals surface area contributed by atoms with Crippen LogP contribution in [0.3, 0.4) is 0 Å². The van der Waals surface area contributed by atoms with Gasteiger partial charge in [0.1, 0.15) is 0 Å². The minimum Gasteiger partial charge on any atom is -0.396 e. The third kappa shape index (κ3) is 0.378. The summed E-state index contributed by atoms with van der Waals surface area (Å²) in [5.74, 6) is 0.949. The Morgan fingerprint density at radius 3 is 1.90 bits per heavy atom. The molecule has 0 heterocycles. The molecule has 0 unspecified atom stereocenters. The van der Waals surface area contributed by atoms with E-state index >= 15 is 0 Å². The molecule has 0 radical (unpaired) electrons. The first-order chi connectivity index (χ1) is 4.86. The average Bonchev–Trinajstić information content (AvgIpc) is 2.78. The fraction of sp³-hybridized carbons (Fsp3) is 1.00. The molecule has 56 valence electrons. The van der Waals surface area contributed by atoms with Gasteiger partial charge in [0, 0.05) is 6.61 Å². The highest BCUT2D eigenvalue weighted by Gasteiger charge is 2.85. The molecule has 0 atom stereocenters. The molecule has 0 aromatic carbocycles. The van der Waals surface area contributed by atoms with E-state index in [1.54, 1.807) is 0 Å². The molecule has 3 fully saturated rings. The molecule has 0 amide bonds. The van der Waals surface area contributed by atoms with Gasteiger partial charge in [0.2, 0.25) is 0 Å². The van der Waals surface area contributed by atoms with Crippen molar-refractivity contribution in [3.05, 3.63) is 0 Å². The monoisotopic (exact) mass is 138 g/mol. The van der Waals surface area contributed by atoms with Crippen molar-refractivity contribution in [2.45, 2.75) is 32.1 Å². The minimum atomic E-state index is 0.425. The molecule has 0 bridgehead atoms. The van der Waals surface area contributed by atoms with Gasteiger partial charge in [0.15, 0.2) is 0 Å². The average molecular weight is 138 g/mol. The second kappa shape index (κ2) is 1.29. The smallest absolute Gasteiger partial charge is 0.0434 e. The van der Waals surface area contributed by atoms with Crippen molar-refractivity contribution in [1.29, 1.82) is 0 Å². The first kappa shape index (κ1) is 5.59. The van der Waals surface area contributed by atoms with Crippen LogP contribution in [0.4, 0.5) is 0 Å². The normalized spacial score (nSPS) is 42.3. The Kier molecular flexibility index (Phi) is 0.722. The van der Waals surface area contributed by atoms with Crippen LogP contribution >= 0.6 is 0 Å². The number of fused-ring (bicyclic) bond motifs is 1. The van der Waals surface area contributed by atoms with Crippen molar-refractivity contribution in [2.75, 3.05) is 6.61 Å². The second-order valence-electron chi connectivity index (χ2n) is 4.38. The van der Waals surface area contributed by atoms with Crippen molar-refractivity contribution in [1.82, 2.24) is 0 Å². The first-order valence-corrected chi connectivity index (χ1v) is 4.47. The van der Waals surface area contributed by atoms with Gasteiger partial charge in [-0.3, -0.25) is 0 Å². The number of hydrogen-bond donors (Lipinski definition) is 1. The van der Waals surface area contributed by atoms with E-state index in [-0.39, 0.29) is 0 Å². The van der Waals surface area contributed by atoms with Gasteiger partial charge in [-0.25, -0.2) is 0 Å². The quantitative estimate of drug-likeness (QED) is 0.614. The van der Waals surface area contributed by atoms with Crippen LogP contribution in [0.15, 0.2) is 0 Å². The summed E-state index contributed by atoms with van der Waals surface area (Å²) in [7, 11) is 0. The minimum absolute atomic E-state index is 0.425. The highest BCUT2D eigenvalue weighted by Crippen LogP contribution is 2.93. The van der Waals surface area contributed by atoms with Gasteiger partial charge in [0.05, 0.1) is 0 Å². The topological polar surface area (TPSA) is 20.2 Å². The van der Waals surface area contributed by atoms with Crippen LogP contribution in [0.2, 0.25) is 0 Å². The SMILES string of the molecule is OCCC1C2(CC2)C12CC2. The molecule has 3 aliphatic carbocycles. The van der Waals surface area contributed by atoms with Gasteiger partial charge in [-0.05, 0) is 48.9 Å². The van der Waals surface area contributed by atoms with Gasteiger partial charge in [0.25, 0.3) is 0 Å². The Balaban J connectivity index is 1.78. The fourth-order valence-corrected chi connectivity index (χ4v) is 3.48. The predicted octanol–water partition coefficient (Wildman–Crippen LogP) is 1.56. The lowest BCUT2D eigenvalue weighted by Crippen LogP contribution is -1.87. The molecular weight excluding hydrogens is 124 g/mol. The summed E-state index contributed by atoms with van der Waals surface area (Å²) in [4.78, 5) is 0. The lowest BCUT2D eigenvalue weighted by atomic mass is 10.2. The van der Waals surface area contributed by atoms with Gasteiger partial charge >= 0.3 is 0 Å². The summed E-state index contributed by atoms with van der Waals surface area (Å²) < 4.78 is 0. The first-order valence-electron chi connectivity index (χ1n) is 4.47. The Labute approximate surface area is 61.4 Å². The Morgan fingerprint density at radius 2 is 1.60 bits per heavy atom. The maximum absolute atomic E-state index is 8.80. The summed E-state index contributed by atoms with van der Waals surface area (Å²) in [6.45, 7) is 0.425. The highest BCUT2D eigenvalue weighted by atomic mass is 16.3. The maximum Gasteiger partial charge on any atom is 0.0434 e. The fourth-order valence-electron chi connectivity index (χ4n) is 3.48. The summed E-state index contributed by atoms with van der Waals surface area (Å²) >= 11 is 0. The molecule has 0 aromatic rings. The third-order valence-corrected chi connectivity index (χ3v) is 4.24. The number of rotatable bonds is 2. The van der Waals surface area contributed by atoms with E-state index in [1.807, 2.05) is 0 Å². The molecule has 1 heteroatoms. The van der Waals surface area contributed by atoms with E-state index in [1.165, 1.54) is 25.7 Å². The van der Waals surface area contributed by atoms with Crippen molar-refractivity contribution in [2.24, 2.45) is 16.7 Å². The van der Waals surface area contributed by atoms with Gasteiger partial charge in [-0.15, -0.1) is 0 Å². The van der Waals surface area contributed by atoms with Crippen LogP contribution in [0.25, 0.3) is 0 Å². The van der Waals surface area contributed by atoms with Gasteiger partial charge < -0.3 is 5.11 Å². The molecule has 10 heavy (non-hydrogen) atoms. The van der Waals surface area contributed by atoms with Gasteiger partial charge in [-0.2, -0.15) is 0 Å². The standard InChI is InChI=1S/C9H14O/c10-6-1-7-8(2-3-8)9(7)4-5-9/h7,10H,1-6H2. The van der Waals surface area contributed by atoms with E-state index in [0.717, 1.165) is 23.2 Å². The molecule has 3 aliphatic rings. The molecule has 0 saturated heterocycles. The zero-order chi connectivity index (χ0) is 6.82. The largest absolute Gasteiger partial charge is 0.396 e. The second-order valence-corrected chi connectivity index (χ2v) is 4.38. The van der Waals surface area contributed by atoms with Gasteiger partial charge in [-0.1, -0.05) is 0 Å². The highest BCUT2D eigenvalue weighted by molar-refractivity contribution is 5.34. The van der Waals surface area contributed by atoms with Crippen LogP contribution in [-0.2, 0) is 0 Å². The summed E-state index contributed by atoms with van der Waals surface area (Å²) in [5.41, 5.74) is 1.63. The lowest BCUT2D eigenvalue weighted by molar-refractivity contribution is 0.273. The maximum atomic E-state index is 8.80. The summed E-state index contributed by atoms with van der Waals surface area (Å²) in [5, 5.41) is 8.80. The Hall–Kier alpha value is -0.0400. The number of aliphatic hydroxyl groups excluding tert-OH is 1. The van der Waals surface area contributed by atoms with Crippen molar-refractivity contribution in [3.63, 3.8) is 0 Å². The van der Waals surface area contributed by atoms with E-state index in [4.69, 9.17) is 5.11 Å². The predicted molar refractivity (Wildman–Crippen MR) is 38.5 cm³/mol. The summed E-state index contributed by atoms with van der Waals surface area (Å²) in [6.07, 6.45) is 7.03. The van der Waals surface area contributed by atoms with Crippen LogP contribution in [-0.4, -0.2) is 11.7 Å². The number of aliphatic hydroxyl groups is 1. The molecule has 0 aliphatic heterocycles. The zero-order valence-electron chi connectivity index (χ0n) is 6.27. The lowest BCUT2D eigenvalue weighted by Gasteiger charge is -1.89. The third-order valence-electron chi connectivity index (χ3n) is 4.24. The van der Waals surface area contributed by atoms with Crippen molar-refractivity contribution >= 4 is 0 Å². The molecule has 1 N–H and O–H groups in total. The molecular formula is C9H14O. The summed E-state index contributed by atoms with van der Waals surface area (Å²) in [6, 6.07) is 0. The Morgan fingerprint density at radius 1 is 1.10 bits per heavy atom. The molecule has 2 spiro atoms. The van der Waals surface area contributed by atoms with Crippen LogP contribution in [0.5, 0.6) is 0 Å². The van der Waals surface area contributed by atoms with Crippen LogP contribution in [0, 0.1) is 16.7 Å². The van der Waals surface area contributed by atoms with Crippen molar-refractivity contribution < 1.29 is 5.11 Å². The molecule has 3 saturated carbocycles. The number of hydrogen-bond acceptors (Lipinski definition) is 1. The molecule has 3 rings (SSSR count). The van der Waals surface area contributed by atoms with E-state index < -0.39 is 0 Å². The van der Waals surface area contributed by atoms with Crippen LogP contribution in [0.1, 0.15) is 32.1 Å². The zero-order valence-corrected chi connectivity index (χ0v) is 6.27.